The number of nitrogens with one attached hydrogen (secondary N) is 1. The van der Waals surface area contributed by atoms with E-state index in [0.717, 1.165) is 28.9 Å². The van der Waals surface area contributed by atoms with Crippen molar-refractivity contribution in [3.8, 4) is 5.82 Å². The highest BCUT2D eigenvalue weighted by atomic mass is 16.1. The first-order valence-corrected chi connectivity index (χ1v) is 8.85. The normalized spacial score (nSPS) is 10.8. The van der Waals surface area contributed by atoms with Crippen LogP contribution in [0.2, 0.25) is 0 Å². The van der Waals surface area contributed by atoms with E-state index in [9.17, 15) is 4.79 Å². The van der Waals surface area contributed by atoms with Crippen LogP contribution >= 0.6 is 0 Å². The topological polar surface area (TPSA) is 59.8 Å². The summed E-state index contributed by atoms with van der Waals surface area (Å²) in [5.41, 5.74) is 6.11. The number of carbonyl (C=O) groups is 1. The van der Waals surface area contributed by atoms with Gasteiger partial charge in [-0.25, -0.2) is 9.67 Å². The summed E-state index contributed by atoms with van der Waals surface area (Å²) in [5, 5.41) is 7.43. The Labute approximate surface area is 154 Å². The lowest BCUT2D eigenvalue weighted by Crippen LogP contribution is -2.23. The predicted octanol–water partition coefficient (Wildman–Crippen LogP) is 3.68. The third kappa shape index (κ3) is 3.67. The second-order valence-electron chi connectivity index (χ2n) is 6.47. The van der Waals surface area contributed by atoms with E-state index in [4.69, 9.17) is 0 Å². The quantitative estimate of drug-likeness (QED) is 0.765. The van der Waals surface area contributed by atoms with Crippen LogP contribution in [-0.4, -0.2) is 20.7 Å². The van der Waals surface area contributed by atoms with Crippen molar-refractivity contribution >= 4 is 5.91 Å². The lowest BCUT2D eigenvalue weighted by molar-refractivity contribution is 0.0950. The molecule has 0 saturated carbocycles. The molecule has 0 saturated heterocycles. The van der Waals surface area contributed by atoms with Gasteiger partial charge in [-0.15, -0.1) is 0 Å². The molecule has 0 atom stereocenters. The maximum absolute atomic E-state index is 12.3. The zero-order valence-electron chi connectivity index (χ0n) is 15.7. The number of amides is 1. The lowest BCUT2D eigenvalue weighted by atomic mass is 10.1. The summed E-state index contributed by atoms with van der Waals surface area (Å²) < 4.78 is 1.81. The van der Waals surface area contributed by atoms with E-state index in [0.29, 0.717) is 17.9 Å². The number of hydrogen-bond acceptors (Lipinski definition) is 3. The van der Waals surface area contributed by atoms with Gasteiger partial charge >= 0.3 is 0 Å². The number of aryl methyl sites for hydroxylation is 2. The molecule has 3 rings (SSSR count). The molecule has 0 aliphatic heterocycles. The first-order valence-electron chi connectivity index (χ1n) is 8.85. The summed E-state index contributed by atoms with van der Waals surface area (Å²) in [7, 11) is 0. The molecular weight excluding hydrogens is 324 g/mol. The van der Waals surface area contributed by atoms with Crippen molar-refractivity contribution < 1.29 is 4.79 Å². The fourth-order valence-electron chi connectivity index (χ4n) is 2.77. The van der Waals surface area contributed by atoms with Crippen LogP contribution in [0.15, 0.2) is 42.6 Å². The first kappa shape index (κ1) is 17.9. The molecule has 3 aromatic rings. The Morgan fingerprint density at radius 2 is 1.73 bits per heavy atom. The van der Waals surface area contributed by atoms with Crippen LogP contribution in [0.5, 0.6) is 0 Å². The molecule has 0 spiro atoms. The Hall–Kier alpha value is -2.95. The Balaban J connectivity index is 1.67. The Bertz CT molecular complexity index is 908. The van der Waals surface area contributed by atoms with Crippen LogP contribution in [-0.2, 0) is 13.0 Å². The first-order chi connectivity index (χ1) is 12.5. The molecule has 26 heavy (non-hydrogen) atoms. The molecule has 2 aromatic heterocycles. The van der Waals surface area contributed by atoms with Gasteiger partial charge in [0.15, 0.2) is 5.82 Å². The van der Waals surface area contributed by atoms with E-state index in [1.165, 1.54) is 5.56 Å². The maximum atomic E-state index is 12.3. The summed E-state index contributed by atoms with van der Waals surface area (Å²) in [6, 6.07) is 11.9. The van der Waals surface area contributed by atoms with Crippen molar-refractivity contribution in [2.45, 2.75) is 40.7 Å². The third-order valence-corrected chi connectivity index (χ3v) is 4.76. The SMILES string of the molecule is CCc1ccc(CNC(=O)c2ccc(-n3nc(C)c(C)c3C)nc2)cc1. The molecule has 0 fully saturated rings. The zero-order valence-corrected chi connectivity index (χ0v) is 15.7. The Morgan fingerprint density at radius 3 is 2.27 bits per heavy atom. The number of rotatable bonds is 5. The minimum Gasteiger partial charge on any atom is -0.348 e. The summed E-state index contributed by atoms with van der Waals surface area (Å²) >= 11 is 0. The van der Waals surface area contributed by atoms with E-state index in [1.807, 2.05) is 43.7 Å². The highest BCUT2D eigenvalue weighted by Crippen LogP contribution is 2.15. The number of pyridine rings is 1. The van der Waals surface area contributed by atoms with Gasteiger partial charge in [-0.3, -0.25) is 4.79 Å². The molecule has 5 heteroatoms. The van der Waals surface area contributed by atoms with Crippen molar-refractivity contribution in [1.82, 2.24) is 20.1 Å². The van der Waals surface area contributed by atoms with E-state index in [2.05, 4.69) is 34.5 Å². The smallest absolute Gasteiger partial charge is 0.253 e. The summed E-state index contributed by atoms with van der Waals surface area (Å²) in [4.78, 5) is 16.7. The Kier molecular flexibility index (Phi) is 5.16. The molecule has 0 aliphatic rings. The number of nitrogens with zero attached hydrogens (tertiary/aromatic N) is 3. The van der Waals surface area contributed by atoms with Crippen molar-refractivity contribution in [1.29, 1.82) is 0 Å². The van der Waals surface area contributed by atoms with Gasteiger partial charge in [-0.1, -0.05) is 31.2 Å². The van der Waals surface area contributed by atoms with Crippen LogP contribution in [0.25, 0.3) is 5.82 Å². The van der Waals surface area contributed by atoms with Gasteiger partial charge < -0.3 is 5.32 Å². The van der Waals surface area contributed by atoms with Crippen LogP contribution in [0.3, 0.4) is 0 Å². The molecule has 2 heterocycles. The van der Waals surface area contributed by atoms with Gasteiger partial charge in [0, 0.05) is 18.4 Å². The average Bonchev–Trinajstić information content (AvgIpc) is 2.94. The molecule has 0 unspecified atom stereocenters. The molecule has 5 nitrogen and oxygen atoms in total. The largest absolute Gasteiger partial charge is 0.348 e. The zero-order chi connectivity index (χ0) is 18.7. The van der Waals surface area contributed by atoms with Crippen LogP contribution in [0, 0.1) is 20.8 Å². The van der Waals surface area contributed by atoms with Crippen molar-refractivity contribution in [3.05, 3.63) is 76.2 Å². The number of carbonyl (C=O) groups excluding carboxylic acids is 1. The minimum atomic E-state index is -0.131. The molecule has 1 amide bonds. The maximum Gasteiger partial charge on any atom is 0.253 e. The number of hydrogen-bond donors (Lipinski definition) is 1. The van der Waals surface area contributed by atoms with Gasteiger partial charge in [0.1, 0.15) is 0 Å². The fourth-order valence-corrected chi connectivity index (χ4v) is 2.77. The second-order valence-corrected chi connectivity index (χ2v) is 6.47. The highest BCUT2D eigenvalue weighted by Gasteiger charge is 2.11. The van der Waals surface area contributed by atoms with E-state index >= 15 is 0 Å². The van der Waals surface area contributed by atoms with Crippen LogP contribution in [0.4, 0.5) is 0 Å². The van der Waals surface area contributed by atoms with Gasteiger partial charge in [-0.05, 0) is 56.0 Å². The highest BCUT2D eigenvalue weighted by molar-refractivity contribution is 5.93. The van der Waals surface area contributed by atoms with Crippen molar-refractivity contribution in [2.75, 3.05) is 0 Å². The molecule has 0 aliphatic carbocycles. The van der Waals surface area contributed by atoms with E-state index < -0.39 is 0 Å². The van der Waals surface area contributed by atoms with Gasteiger partial charge in [0.2, 0.25) is 0 Å². The molecule has 0 bridgehead atoms. The van der Waals surface area contributed by atoms with E-state index in [-0.39, 0.29) is 5.91 Å². The summed E-state index contributed by atoms with van der Waals surface area (Å²) in [5.74, 6) is 0.582. The molecule has 1 aromatic carbocycles. The molecular formula is C21H24N4O. The average molecular weight is 348 g/mol. The van der Waals surface area contributed by atoms with Crippen LogP contribution < -0.4 is 5.32 Å². The van der Waals surface area contributed by atoms with Gasteiger partial charge in [0.05, 0.1) is 11.3 Å². The number of aromatic nitrogens is 3. The predicted molar refractivity (Wildman–Crippen MR) is 103 cm³/mol. The molecule has 134 valence electrons. The summed E-state index contributed by atoms with van der Waals surface area (Å²) in [6.45, 7) is 8.67. The molecule has 1 N–H and O–H groups in total. The standard InChI is InChI=1S/C21H24N4O/c1-5-17-6-8-18(9-7-17)12-23-21(26)19-10-11-20(22-13-19)25-16(4)14(2)15(3)24-25/h6-11,13H,5,12H2,1-4H3,(H,23,26). The second kappa shape index (κ2) is 7.52. The summed E-state index contributed by atoms with van der Waals surface area (Å²) in [6.07, 6.45) is 2.61. The van der Waals surface area contributed by atoms with Crippen molar-refractivity contribution in [2.24, 2.45) is 0 Å². The lowest BCUT2D eigenvalue weighted by Gasteiger charge is -2.07. The monoisotopic (exact) mass is 348 g/mol. The minimum absolute atomic E-state index is 0.131. The third-order valence-electron chi connectivity index (χ3n) is 4.76. The number of benzene rings is 1. The Morgan fingerprint density at radius 1 is 1.04 bits per heavy atom. The molecule has 0 radical (unpaired) electrons. The van der Waals surface area contributed by atoms with Gasteiger partial charge in [-0.2, -0.15) is 5.10 Å². The van der Waals surface area contributed by atoms with Crippen LogP contribution in [0.1, 0.15) is 45.4 Å². The van der Waals surface area contributed by atoms with E-state index in [1.54, 1.807) is 12.3 Å². The van der Waals surface area contributed by atoms with Crippen molar-refractivity contribution in [3.63, 3.8) is 0 Å². The van der Waals surface area contributed by atoms with Gasteiger partial charge in [0.25, 0.3) is 5.91 Å². The fraction of sp³-hybridized carbons (Fsp3) is 0.286.